The molecule has 0 bridgehead atoms. The second-order valence-corrected chi connectivity index (χ2v) is 9.20. The molecule has 0 aromatic carbocycles. The Morgan fingerprint density at radius 2 is 1.91 bits per heavy atom. The van der Waals surface area contributed by atoms with Crippen LogP contribution in [-0.2, 0) is 11.2 Å². The van der Waals surface area contributed by atoms with Gasteiger partial charge in [0, 0.05) is 32.5 Å². The van der Waals surface area contributed by atoms with E-state index in [0.717, 1.165) is 30.5 Å². The summed E-state index contributed by atoms with van der Waals surface area (Å²) < 4.78 is 11.6. The molecule has 0 atom stereocenters. The molecular weight excluding hydrogens is 422 g/mol. The minimum absolute atomic E-state index is 0.255. The first-order valence-corrected chi connectivity index (χ1v) is 11.2. The zero-order valence-corrected chi connectivity index (χ0v) is 20.0. The van der Waals surface area contributed by atoms with E-state index in [1.165, 1.54) is 0 Å². The van der Waals surface area contributed by atoms with Crippen LogP contribution < -0.4 is 15.4 Å². The van der Waals surface area contributed by atoms with Gasteiger partial charge in [0.15, 0.2) is 11.6 Å². The zero-order valence-electron chi connectivity index (χ0n) is 20.0. The average molecular weight is 456 g/mol. The van der Waals surface area contributed by atoms with Gasteiger partial charge in [0.05, 0.1) is 5.69 Å². The maximum Gasteiger partial charge on any atom is 0.410 e. The van der Waals surface area contributed by atoms with E-state index in [4.69, 9.17) is 9.47 Å². The second-order valence-electron chi connectivity index (χ2n) is 9.20. The van der Waals surface area contributed by atoms with Gasteiger partial charge in [-0.25, -0.2) is 14.6 Å². The van der Waals surface area contributed by atoms with E-state index in [9.17, 15) is 9.59 Å². The normalized spacial score (nSPS) is 14.5. The number of pyridine rings is 2. The molecule has 9 heteroatoms. The van der Waals surface area contributed by atoms with Gasteiger partial charge in [-0.15, -0.1) is 0 Å². The predicted octanol–water partition coefficient (Wildman–Crippen LogP) is 4.52. The standard InChI is InChI=1S/C24H33N5O4/c1-16-19(7-6-10-26-16)32-20-14-18(15-27-21(20)28-22(30)25-5)13-17-8-11-29(12-9-17)23(31)33-24(2,3)4/h6-7,10,14-15,17H,8-9,11-13H2,1-5H3,(H2,25,27,28,30). The smallest absolute Gasteiger partial charge is 0.410 e. The minimum atomic E-state index is -0.493. The zero-order chi connectivity index (χ0) is 24.0. The highest BCUT2D eigenvalue weighted by molar-refractivity contribution is 5.89. The number of nitrogens with zero attached hydrogens (tertiary/aromatic N) is 3. The molecule has 0 radical (unpaired) electrons. The number of hydrogen-bond acceptors (Lipinski definition) is 6. The van der Waals surface area contributed by atoms with Crippen LogP contribution in [0.1, 0.15) is 44.9 Å². The lowest BCUT2D eigenvalue weighted by atomic mass is 9.91. The molecule has 0 saturated carbocycles. The number of hydrogen-bond donors (Lipinski definition) is 2. The first kappa shape index (κ1) is 24.3. The number of likely N-dealkylation sites (tertiary alicyclic amines) is 1. The Kier molecular flexibility index (Phi) is 7.73. The molecule has 3 amide bonds. The minimum Gasteiger partial charge on any atom is -0.452 e. The van der Waals surface area contributed by atoms with Gasteiger partial charge in [-0.3, -0.25) is 10.3 Å². The predicted molar refractivity (Wildman–Crippen MR) is 126 cm³/mol. The van der Waals surface area contributed by atoms with E-state index in [2.05, 4.69) is 20.6 Å². The Balaban J connectivity index is 1.69. The van der Waals surface area contributed by atoms with Crippen molar-refractivity contribution in [1.82, 2.24) is 20.2 Å². The molecule has 1 saturated heterocycles. The van der Waals surface area contributed by atoms with Gasteiger partial charge < -0.3 is 19.7 Å². The molecular formula is C24H33N5O4. The number of aryl methyl sites for hydroxylation is 1. The molecule has 0 spiro atoms. The molecule has 3 heterocycles. The number of anilines is 1. The van der Waals surface area contributed by atoms with Gasteiger partial charge in [0.1, 0.15) is 11.4 Å². The first-order chi connectivity index (χ1) is 15.6. The Hall–Kier alpha value is -3.36. The summed E-state index contributed by atoms with van der Waals surface area (Å²) in [5.74, 6) is 1.80. The Morgan fingerprint density at radius 1 is 1.18 bits per heavy atom. The summed E-state index contributed by atoms with van der Waals surface area (Å²) >= 11 is 0. The number of aromatic nitrogens is 2. The summed E-state index contributed by atoms with van der Waals surface area (Å²) in [5, 5.41) is 5.23. The van der Waals surface area contributed by atoms with Gasteiger partial charge in [0.25, 0.3) is 0 Å². The van der Waals surface area contributed by atoms with Crippen molar-refractivity contribution in [2.75, 3.05) is 25.5 Å². The number of amides is 3. The van der Waals surface area contributed by atoms with Crippen molar-refractivity contribution in [3.8, 4) is 11.5 Å². The fraction of sp³-hybridized carbons (Fsp3) is 0.500. The van der Waals surface area contributed by atoms with Crippen LogP contribution in [-0.4, -0.2) is 52.7 Å². The van der Waals surface area contributed by atoms with Crippen molar-refractivity contribution < 1.29 is 19.1 Å². The SMILES string of the molecule is CNC(=O)Nc1ncc(CC2CCN(C(=O)OC(C)(C)C)CC2)cc1Oc1cccnc1C. The largest absolute Gasteiger partial charge is 0.452 e. The highest BCUT2D eigenvalue weighted by Gasteiger charge is 2.27. The quantitative estimate of drug-likeness (QED) is 0.687. The van der Waals surface area contributed by atoms with Gasteiger partial charge >= 0.3 is 12.1 Å². The topological polar surface area (TPSA) is 106 Å². The van der Waals surface area contributed by atoms with Crippen LogP contribution in [0.4, 0.5) is 15.4 Å². The number of carbonyl (C=O) groups is 2. The molecule has 1 aliphatic rings. The van der Waals surface area contributed by atoms with Crippen LogP contribution in [0.25, 0.3) is 0 Å². The summed E-state index contributed by atoms with van der Waals surface area (Å²) in [5.41, 5.74) is 1.25. The second kappa shape index (κ2) is 10.5. The lowest BCUT2D eigenvalue weighted by Gasteiger charge is -2.33. The van der Waals surface area contributed by atoms with Gasteiger partial charge in [0.2, 0.25) is 0 Å². The van der Waals surface area contributed by atoms with Gasteiger partial charge in [-0.2, -0.15) is 0 Å². The van der Waals surface area contributed by atoms with Crippen molar-refractivity contribution in [3.63, 3.8) is 0 Å². The Labute approximate surface area is 194 Å². The van der Waals surface area contributed by atoms with E-state index >= 15 is 0 Å². The fourth-order valence-corrected chi connectivity index (χ4v) is 3.61. The molecule has 0 unspecified atom stereocenters. The molecule has 178 valence electrons. The maximum absolute atomic E-state index is 12.3. The summed E-state index contributed by atoms with van der Waals surface area (Å²) in [6.45, 7) is 8.82. The van der Waals surface area contributed by atoms with Crippen LogP contribution in [0.5, 0.6) is 11.5 Å². The molecule has 1 fully saturated rings. The maximum atomic E-state index is 12.3. The molecule has 0 aliphatic carbocycles. The van der Waals surface area contributed by atoms with Crippen LogP contribution in [0.2, 0.25) is 0 Å². The third-order valence-corrected chi connectivity index (χ3v) is 5.34. The molecule has 2 aromatic heterocycles. The fourth-order valence-electron chi connectivity index (χ4n) is 3.61. The monoisotopic (exact) mass is 455 g/mol. The van der Waals surface area contributed by atoms with Crippen molar-refractivity contribution in [1.29, 1.82) is 0 Å². The Morgan fingerprint density at radius 3 is 2.55 bits per heavy atom. The molecule has 3 rings (SSSR count). The lowest BCUT2D eigenvalue weighted by Crippen LogP contribution is -2.42. The van der Waals surface area contributed by atoms with E-state index in [1.54, 1.807) is 30.4 Å². The number of piperidine rings is 1. The van der Waals surface area contributed by atoms with Crippen molar-refractivity contribution >= 4 is 17.9 Å². The highest BCUT2D eigenvalue weighted by atomic mass is 16.6. The van der Waals surface area contributed by atoms with E-state index in [1.807, 2.05) is 39.8 Å². The van der Waals surface area contributed by atoms with Crippen molar-refractivity contribution in [3.05, 3.63) is 41.9 Å². The van der Waals surface area contributed by atoms with Crippen molar-refractivity contribution in [2.24, 2.45) is 5.92 Å². The van der Waals surface area contributed by atoms with Gasteiger partial charge in [-0.05, 0) is 76.6 Å². The van der Waals surface area contributed by atoms with Gasteiger partial charge in [-0.1, -0.05) is 0 Å². The van der Waals surface area contributed by atoms with Crippen LogP contribution >= 0.6 is 0 Å². The summed E-state index contributed by atoms with van der Waals surface area (Å²) in [6, 6.07) is 5.15. The lowest BCUT2D eigenvalue weighted by molar-refractivity contribution is 0.0184. The number of nitrogens with one attached hydrogen (secondary N) is 2. The molecule has 9 nitrogen and oxygen atoms in total. The Bertz CT molecular complexity index is 981. The third-order valence-electron chi connectivity index (χ3n) is 5.34. The van der Waals surface area contributed by atoms with Crippen LogP contribution in [0, 0.1) is 12.8 Å². The van der Waals surface area contributed by atoms with E-state index in [-0.39, 0.29) is 12.1 Å². The number of rotatable bonds is 5. The van der Waals surface area contributed by atoms with Crippen LogP contribution in [0.15, 0.2) is 30.6 Å². The molecule has 1 aliphatic heterocycles. The van der Waals surface area contributed by atoms with Crippen LogP contribution in [0.3, 0.4) is 0 Å². The van der Waals surface area contributed by atoms with E-state index in [0.29, 0.717) is 36.3 Å². The third kappa shape index (κ3) is 7.06. The first-order valence-electron chi connectivity index (χ1n) is 11.2. The summed E-state index contributed by atoms with van der Waals surface area (Å²) in [6.07, 6.45) is 5.77. The summed E-state index contributed by atoms with van der Waals surface area (Å²) in [7, 11) is 1.54. The molecule has 33 heavy (non-hydrogen) atoms. The highest BCUT2D eigenvalue weighted by Crippen LogP contribution is 2.32. The van der Waals surface area contributed by atoms with E-state index < -0.39 is 5.60 Å². The number of carbonyl (C=O) groups excluding carboxylic acids is 2. The average Bonchev–Trinajstić information content (AvgIpc) is 2.76. The summed E-state index contributed by atoms with van der Waals surface area (Å²) in [4.78, 5) is 34.6. The molecule has 2 aromatic rings. The number of ether oxygens (including phenoxy) is 2. The number of urea groups is 1. The molecule has 2 N–H and O–H groups in total. The van der Waals surface area contributed by atoms with Crippen molar-refractivity contribution in [2.45, 2.75) is 52.6 Å².